The Bertz CT molecular complexity index is 693. The molecule has 2 heteroatoms. The van der Waals surface area contributed by atoms with Gasteiger partial charge in [0.25, 0.3) is 0 Å². The third-order valence-electron chi connectivity index (χ3n) is 6.57. The quantitative estimate of drug-likeness (QED) is 0.612. The van der Waals surface area contributed by atoms with Crippen LogP contribution in [-0.2, 0) is 6.42 Å². The van der Waals surface area contributed by atoms with Crippen molar-refractivity contribution in [3.8, 4) is 0 Å². The molecule has 1 aromatic carbocycles. The van der Waals surface area contributed by atoms with Gasteiger partial charge in [-0.3, -0.25) is 0 Å². The first-order valence-electron chi connectivity index (χ1n) is 9.21. The van der Waals surface area contributed by atoms with E-state index in [9.17, 15) is 0 Å². The highest BCUT2D eigenvalue weighted by molar-refractivity contribution is 6.80. The molecule has 2 unspecified atom stereocenters. The molecule has 2 aliphatic rings. The summed E-state index contributed by atoms with van der Waals surface area (Å²) in [5, 5.41) is 0. The molecule has 0 amide bonds. The van der Waals surface area contributed by atoms with E-state index in [1.54, 1.807) is 11.1 Å². The maximum atomic E-state index is 6.11. The Kier molecular flexibility index (Phi) is 3.76. The first kappa shape index (κ1) is 15.3. The molecule has 4 rings (SSSR count). The topological polar surface area (TPSA) is 13.1 Å². The van der Waals surface area contributed by atoms with E-state index < -0.39 is 8.07 Å². The van der Waals surface area contributed by atoms with Gasteiger partial charge in [0.05, 0.1) is 8.07 Å². The van der Waals surface area contributed by atoms with Crippen molar-refractivity contribution in [1.82, 2.24) is 0 Å². The standard InChI is InChI=1S/C21H28OSi/c1-15-12-13-20(22-15)19-14-16-8-4-7-11-18(16)21(19)23(2,3)17-9-5-6-10-17/h4,7-8,11-13,17,19,21H,5-6,9-10,14H2,1-3H3. The SMILES string of the molecule is Cc1ccc(C2Cc3ccccc3C2[Si](C)(C)C2CCCC2)o1. The minimum absolute atomic E-state index is 0.559. The number of benzene rings is 1. The Balaban J connectivity index is 1.78. The molecule has 0 saturated heterocycles. The molecule has 2 aromatic rings. The molecular weight excluding hydrogens is 296 g/mol. The number of hydrogen-bond donors (Lipinski definition) is 0. The van der Waals surface area contributed by atoms with Crippen molar-refractivity contribution in [3.05, 3.63) is 59.0 Å². The molecule has 1 saturated carbocycles. The molecule has 2 atom stereocenters. The molecule has 1 fully saturated rings. The Morgan fingerprint density at radius 2 is 1.74 bits per heavy atom. The minimum Gasteiger partial charge on any atom is -0.466 e. The summed E-state index contributed by atoms with van der Waals surface area (Å²) in [5.41, 5.74) is 4.90. The zero-order valence-corrected chi connectivity index (χ0v) is 15.6. The van der Waals surface area contributed by atoms with Gasteiger partial charge in [0.2, 0.25) is 0 Å². The van der Waals surface area contributed by atoms with Crippen LogP contribution in [0.1, 0.15) is 59.8 Å². The second-order valence-corrected chi connectivity index (χ2v) is 13.3. The highest BCUT2D eigenvalue weighted by Gasteiger charge is 2.49. The average Bonchev–Trinajstić information content (AvgIpc) is 3.26. The summed E-state index contributed by atoms with van der Waals surface area (Å²) >= 11 is 0. The first-order chi connectivity index (χ1) is 11.1. The van der Waals surface area contributed by atoms with Crippen molar-refractivity contribution < 1.29 is 4.42 Å². The van der Waals surface area contributed by atoms with Gasteiger partial charge >= 0.3 is 0 Å². The Morgan fingerprint density at radius 3 is 2.43 bits per heavy atom. The van der Waals surface area contributed by atoms with E-state index in [1.165, 1.54) is 31.4 Å². The number of fused-ring (bicyclic) bond motifs is 1. The van der Waals surface area contributed by atoms with Crippen LogP contribution in [0, 0.1) is 6.92 Å². The van der Waals surface area contributed by atoms with Crippen molar-refractivity contribution in [1.29, 1.82) is 0 Å². The third-order valence-corrected chi connectivity index (χ3v) is 11.6. The van der Waals surface area contributed by atoms with Crippen LogP contribution in [0.15, 0.2) is 40.8 Å². The van der Waals surface area contributed by atoms with Crippen molar-refractivity contribution in [2.24, 2.45) is 0 Å². The Labute approximate surface area is 141 Å². The summed E-state index contributed by atoms with van der Waals surface area (Å²) in [4.78, 5) is 0. The van der Waals surface area contributed by atoms with Crippen molar-refractivity contribution >= 4 is 8.07 Å². The molecule has 0 bridgehead atoms. The van der Waals surface area contributed by atoms with Gasteiger partial charge in [-0.15, -0.1) is 0 Å². The molecule has 1 aromatic heterocycles. The normalized spacial score (nSPS) is 25.0. The van der Waals surface area contributed by atoms with Crippen LogP contribution in [0.3, 0.4) is 0 Å². The van der Waals surface area contributed by atoms with E-state index in [-0.39, 0.29) is 0 Å². The lowest BCUT2D eigenvalue weighted by molar-refractivity contribution is 0.439. The van der Waals surface area contributed by atoms with Gasteiger partial charge in [0.15, 0.2) is 0 Å². The monoisotopic (exact) mass is 324 g/mol. The lowest BCUT2D eigenvalue weighted by Crippen LogP contribution is -2.41. The third kappa shape index (κ3) is 2.52. The van der Waals surface area contributed by atoms with Crippen molar-refractivity contribution in [2.45, 2.75) is 69.1 Å². The number of hydrogen-bond acceptors (Lipinski definition) is 1. The highest BCUT2D eigenvalue weighted by atomic mass is 28.3. The van der Waals surface area contributed by atoms with E-state index in [0.29, 0.717) is 11.5 Å². The van der Waals surface area contributed by atoms with E-state index in [2.05, 4.69) is 56.4 Å². The number of furan rings is 1. The zero-order valence-electron chi connectivity index (χ0n) is 14.6. The van der Waals surface area contributed by atoms with Gasteiger partial charge in [-0.05, 0) is 47.7 Å². The molecule has 23 heavy (non-hydrogen) atoms. The van der Waals surface area contributed by atoms with Gasteiger partial charge in [-0.25, -0.2) is 0 Å². The van der Waals surface area contributed by atoms with Gasteiger partial charge in [0, 0.05) is 5.92 Å². The molecule has 1 nitrogen and oxygen atoms in total. The van der Waals surface area contributed by atoms with E-state index in [1.807, 2.05) is 0 Å². The van der Waals surface area contributed by atoms with Crippen LogP contribution in [0.5, 0.6) is 0 Å². The van der Waals surface area contributed by atoms with Crippen LogP contribution >= 0.6 is 0 Å². The molecule has 2 aliphatic carbocycles. The summed E-state index contributed by atoms with van der Waals surface area (Å²) < 4.78 is 6.11. The second kappa shape index (κ2) is 5.66. The van der Waals surface area contributed by atoms with Gasteiger partial charge < -0.3 is 4.42 Å². The molecule has 0 radical (unpaired) electrons. The maximum Gasteiger partial charge on any atom is 0.107 e. The van der Waals surface area contributed by atoms with E-state index in [0.717, 1.165) is 17.7 Å². The summed E-state index contributed by atoms with van der Waals surface area (Å²) in [5.74, 6) is 2.83. The lowest BCUT2D eigenvalue weighted by atomic mass is 10.0. The number of rotatable bonds is 3. The van der Waals surface area contributed by atoms with Crippen LogP contribution in [0.2, 0.25) is 18.6 Å². The molecule has 1 heterocycles. The maximum absolute atomic E-state index is 6.11. The predicted molar refractivity (Wildman–Crippen MR) is 98.8 cm³/mol. The minimum atomic E-state index is -1.39. The van der Waals surface area contributed by atoms with Crippen LogP contribution in [-0.4, -0.2) is 8.07 Å². The van der Waals surface area contributed by atoms with Crippen LogP contribution in [0.25, 0.3) is 0 Å². The number of aryl methyl sites for hydroxylation is 1. The van der Waals surface area contributed by atoms with Gasteiger partial charge in [-0.2, -0.15) is 0 Å². The highest BCUT2D eigenvalue weighted by Crippen LogP contribution is 2.54. The fraction of sp³-hybridized carbons (Fsp3) is 0.524. The summed E-state index contributed by atoms with van der Waals surface area (Å²) in [7, 11) is -1.39. The Hall–Kier alpha value is -1.28. The summed E-state index contributed by atoms with van der Waals surface area (Å²) in [6, 6.07) is 13.6. The fourth-order valence-electron chi connectivity index (χ4n) is 5.36. The van der Waals surface area contributed by atoms with E-state index >= 15 is 0 Å². The van der Waals surface area contributed by atoms with Crippen LogP contribution < -0.4 is 0 Å². The fourth-order valence-corrected chi connectivity index (χ4v) is 10.2. The molecule has 0 aliphatic heterocycles. The second-order valence-electron chi connectivity index (χ2n) is 8.24. The molecule has 122 valence electrons. The molecule has 0 spiro atoms. The average molecular weight is 325 g/mol. The first-order valence-corrected chi connectivity index (χ1v) is 12.4. The van der Waals surface area contributed by atoms with Gasteiger partial charge in [-0.1, -0.05) is 63.0 Å². The van der Waals surface area contributed by atoms with Crippen molar-refractivity contribution in [3.63, 3.8) is 0 Å². The molecule has 0 N–H and O–H groups in total. The summed E-state index contributed by atoms with van der Waals surface area (Å²) in [6.45, 7) is 7.37. The largest absolute Gasteiger partial charge is 0.466 e. The predicted octanol–water partition coefficient (Wildman–Crippen LogP) is 6.20. The molecular formula is C21H28OSi. The van der Waals surface area contributed by atoms with Gasteiger partial charge in [0.1, 0.15) is 11.5 Å². The lowest BCUT2D eigenvalue weighted by Gasteiger charge is -2.39. The smallest absolute Gasteiger partial charge is 0.107 e. The summed E-state index contributed by atoms with van der Waals surface area (Å²) in [6.07, 6.45) is 6.97. The zero-order chi connectivity index (χ0) is 16.0. The van der Waals surface area contributed by atoms with Crippen molar-refractivity contribution in [2.75, 3.05) is 0 Å². The Morgan fingerprint density at radius 1 is 1.00 bits per heavy atom. The van der Waals surface area contributed by atoms with Crippen LogP contribution in [0.4, 0.5) is 0 Å². The van der Waals surface area contributed by atoms with E-state index in [4.69, 9.17) is 4.42 Å².